The van der Waals surface area contributed by atoms with Gasteiger partial charge in [-0.05, 0) is 30.7 Å². The van der Waals surface area contributed by atoms with Crippen LogP contribution in [0.15, 0.2) is 54.9 Å². The van der Waals surface area contributed by atoms with Crippen molar-refractivity contribution in [1.29, 1.82) is 0 Å². The summed E-state index contributed by atoms with van der Waals surface area (Å²) in [5.41, 5.74) is 7.88. The third-order valence-electron chi connectivity index (χ3n) is 4.74. The average molecular weight is 390 g/mol. The Kier molecular flexibility index (Phi) is 5.06. The normalized spacial score (nSPS) is 13.5. The Bertz CT molecular complexity index is 1150. The first kappa shape index (κ1) is 19.1. The molecule has 4 aromatic rings. The van der Waals surface area contributed by atoms with E-state index < -0.39 is 5.72 Å². The molecule has 0 saturated carbocycles. The number of hydrogen-bond donors (Lipinski definition) is 3. The van der Waals surface area contributed by atoms with Gasteiger partial charge in [-0.25, -0.2) is 15.0 Å². The first-order valence-electron chi connectivity index (χ1n) is 9.42. The van der Waals surface area contributed by atoms with E-state index in [0.29, 0.717) is 29.5 Å². The molecular weight excluding hydrogens is 368 g/mol. The number of nitrogens with two attached hydrogens (primary N) is 1. The van der Waals surface area contributed by atoms with Gasteiger partial charge in [-0.1, -0.05) is 31.5 Å². The van der Waals surface area contributed by atoms with Crippen LogP contribution in [-0.2, 0) is 12.3 Å². The molecule has 4 N–H and O–H groups in total. The topological polar surface area (TPSA) is 123 Å². The van der Waals surface area contributed by atoms with Gasteiger partial charge in [0.2, 0.25) is 0 Å². The number of aliphatic hydroxyl groups excluding tert-OH is 1. The molecule has 3 heterocycles. The summed E-state index contributed by atoms with van der Waals surface area (Å²) in [5.74, 6) is 0.379. The molecule has 1 atom stereocenters. The molecule has 0 amide bonds. The monoisotopic (exact) mass is 390 g/mol. The van der Waals surface area contributed by atoms with Gasteiger partial charge in [-0.15, -0.1) is 0 Å². The molecule has 0 spiro atoms. The first-order chi connectivity index (χ1) is 14.0. The molecule has 0 fully saturated rings. The Balaban J connectivity index is 1.78. The number of aromatic nitrogens is 5. The molecule has 1 aromatic carbocycles. The minimum atomic E-state index is -1.46. The van der Waals surface area contributed by atoms with Crippen LogP contribution < -0.4 is 5.73 Å². The zero-order valence-corrected chi connectivity index (χ0v) is 16.0. The molecule has 0 aliphatic rings. The summed E-state index contributed by atoms with van der Waals surface area (Å²) >= 11 is 0. The quantitative estimate of drug-likeness (QED) is 0.432. The van der Waals surface area contributed by atoms with E-state index in [2.05, 4.69) is 20.1 Å². The van der Waals surface area contributed by atoms with Crippen molar-refractivity contribution in [3.63, 3.8) is 0 Å². The highest BCUT2D eigenvalue weighted by atomic mass is 16.3. The summed E-state index contributed by atoms with van der Waals surface area (Å²) in [6.45, 7) is 1.79. The van der Waals surface area contributed by atoms with Crippen molar-refractivity contribution in [3.05, 3.63) is 66.2 Å². The third-order valence-corrected chi connectivity index (χ3v) is 4.74. The largest absolute Gasteiger partial charge is 0.390 e. The van der Waals surface area contributed by atoms with E-state index in [1.165, 1.54) is 0 Å². The molecule has 148 valence electrons. The average Bonchev–Trinajstić information content (AvgIpc) is 3.17. The fourth-order valence-corrected chi connectivity index (χ4v) is 3.26. The van der Waals surface area contributed by atoms with Gasteiger partial charge in [-0.3, -0.25) is 5.73 Å². The molecule has 8 nitrogen and oxygen atoms in total. The maximum atomic E-state index is 10.5. The smallest absolute Gasteiger partial charge is 0.251 e. The number of rotatable bonds is 6. The predicted molar refractivity (Wildman–Crippen MR) is 109 cm³/mol. The highest BCUT2D eigenvalue weighted by molar-refractivity contribution is 5.84. The summed E-state index contributed by atoms with van der Waals surface area (Å²) in [6, 6.07) is 12.9. The second-order valence-corrected chi connectivity index (χ2v) is 6.92. The fourth-order valence-electron chi connectivity index (χ4n) is 3.26. The van der Waals surface area contributed by atoms with Crippen LogP contribution in [0.4, 0.5) is 0 Å². The van der Waals surface area contributed by atoms with Gasteiger partial charge in [-0.2, -0.15) is 9.78 Å². The molecule has 0 bridgehead atoms. The highest BCUT2D eigenvalue weighted by Crippen LogP contribution is 2.26. The lowest BCUT2D eigenvalue weighted by molar-refractivity contribution is 0.0292. The fraction of sp³-hybridized carbons (Fsp3) is 0.238. The second-order valence-electron chi connectivity index (χ2n) is 6.92. The first-order valence-corrected chi connectivity index (χ1v) is 9.42. The molecule has 3 aromatic heterocycles. The van der Waals surface area contributed by atoms with E-state index in [1.54, 1.807) is 29.2 Å². The van der Waals surface area contributed by atoms with Gasteiger partial charge in [0.25, 0.3) is 5.95 Å². The molecule has 8 heteroatoms. The van der Waals surface area contributed by atoms with Crippen LogP contribution in [0.25, 0.3) is 28.1 Å². The van der Waals surface area contributed by atoms with Crippen LogP contribution >= 0.6 is 0 Å². The molecule has 29 heavy (non-hydrogen) atoms. The van der Waals surface area contributed by atoms with Crippen LogP contribution in [0.1, 0.15) is 31.2 Å². The van der Waals surface area contributed by atoms with Gasteiger partial charge in [0, 0.05) is 17.1 Å². The summed E-state index contributed by atoms with van der Waals surface area (Å²) in [7, 11) is 0. The minimum absolute atomic E-state index is 0.170. The van der Waals surface area contributed by atoms with Crippen LogP contribution in [0.2, 0.25) is 0 Å². The lowest BCUT2D eigenvalue weighted by atomic mass is 10.0. The lowest BCUT2D eigenvalue weighted by Gasteiger charge is -2.22. The lowest BCUT2D eigenvalue weighted by Crippen LogP contribution is -2.37. The number of nitrogens with zero attached hydrogens (tertiary/aromatic N) is 5. The summed E-state index contributed by atoms with van der Waals surface area (Å²) < 4.78 is 1.62. The number of pyridine rings is 1. The Labute approximate surface area is 167 Å². The zero-order valence-electron chi connectivity index (χ0n) is 16.0. The van der Waals surface area contributed by atoms with E-state index in [-0.39, 0.29) is 6.61 Å². The van der Waals surface area contributed by atoms with Crippen molar-refractivity contribution in [2.24, 2.45) is 5.73 Å². The standard InChI is InChI=1S/C21H22N6O2/c1-2-9-21(22,29)19-5-3-4-17(26-19)14-6-7-15-12-24-27(18(15)11-14)20-23-10-8-16(13-28)25-20/h3-8,10-12,28-29H,2,9,13,22H2,1H3. The highest BCUT2D eigenvalue weighted by Gasteiger charge is 2.24. The van der Waals surface area contributed by atoms with Gasteiger partial charge in [0.15, 0.2) is 5.72 Å². The number of hydrogen-bond acceptors (Lipinski definition) is 7. The van der Waals surface area contributed by atoms with Crippen molar-refractivity contribution in [2.75, 3.05) is 0 Å². The molecule has 0 aliphatic heterocycles. The Morgan fingerprint density at radius 2 is 2.00 bits per heavy atom. The second kappa shape index (κ2) is 7.67. The number of aliphatic hydroxyl groups is 2. The molecule has 1 unspecified atom stereocenters. The van der Waals surface area contributed by atoms with Crippen molar-refractivity contribution in [2.45, 2.75) is 32.1 Å². The van der Waals surface area contributed by atoms with E-state index in [1.807, 2.05) is 37.3 Å². The summed E-state index contributed by atoms with van der Waals surface area (Å²) in [6.07, 6.45) is 4.49. The molecule has 0 radical (unpaired) electrons. The predicted octanol–water partition coefficient (Wildman–Crippen LogP) is 2.27. The third kappa shape index (κ3) is 3.73. The molecular formula is C21H22N6O2. The van der Waals surface area contributed by atoms with Crippen molar-refractivity contribution in [3.8, 4) is 17.2 Å². The molecule has 0 aliphatic carbocycles. The SMILES string of the molecule is CCCC(N)(O)c1cccc(-c2ccc3cnn(-c4nccc(CO)n4)c3c2)n1. The van der Waals surface area contributed by atoms with E-state index in [0.717, 1.165) is 22.9 Å². The van der Waals surface area contributed by atoms with Crippen molar-refractivity contribution >= 4 is 10.9 Å². The van der Waals surface area contributed by atoms with Crippen LogP contribution in [0, 0.1) is 0 Å². The van der Waals surface area contributed by atoms with Crippen LogP contribution in [-0.4, -0.2) is 34.9 Å². The summed E-state index contributed by atoms with van der Waals surface area (Å²) in [5, 5.41) is 25.1. The zero-order chi connectivity index (χ0) is 20.4. The van der Waals surface area contributed by atoms with Crippen LogP contribution in [0.3, 0.4) is 0 Å². The number of fused-ring (bicyclic) bond motifs is 1. The molecule has 4 rings (SSSR count). The number of benzene rings is 1. The maximum absolute atomic E-state index is 10.5. The maximum Gasteiger partial charge on any atom is 0.251 e. The summed E-state index contributed by atoms with van der Waals surface area (Å²) in [4.78, 5) is 13.2. The van der Waals surface area contributed by atoms with Gasteiger partial charge in [0.1, 0.15) is 0 Å². The Morgan fingerprint density at radius 3 is 2.79 bits per heavy atom. The Hall–Kier alpha value is -3.20. The molecule has 0 saturated heterocycles. The van der Waals surface area contributed by atoms with Crippen LogP contribution in [0.5, 0.6) is 0 Å². The van der Waals surface area contributed by atoms with E-state index >= 15 is 0 Å². The van der Waals surface area contributed by atoms with Gasteiger partial charge in [0.05, 0.1) is 35.4 Å². The van der Waals surface area contributed by atoms with Crippen molar-refractivity contribution < 1.29 is 10.2 Å². The van der Waals surface area contributed by atoms with Gasteiger partial charge < -0.3 is 10.2 Å². The van der Waals surface area contributed by atoms with E-state index in [9.17, 15) is 10.2 Å². The van der Waals surface area contributed by atoms with Gasteiger partial charge >= 0.3 is 0 Å². The van der Waals surface area contributed by atoms with E-state index in [4.69, 9.17) is 5.73 Å². The Morgan fingerprint density at radius 1 is 1.14 bits per heavy atom. The van der Waals surface area contributed by atoms with Crippen molar-refractivity contribution in [1.82, 2.24) is 24.7 Å². The minimum Gasteiger partial charge on any atom is -0.390 e.